The zero-order valence-electron chi connectivity index (χ0n) is 20.5. The number of ether oxygens (including phenoxy) is 1. The average molecular weight is 563 g/mol. The van der Waals surface area contributed by atoms with Crippen LogP contribution in [0.4, 0.5) is 5.69 Å². The quantitative estimate of drug-likeness (QED) is 0.382. The molecule has 1 saturated heterocycles. The third-order valence-corrected chi connectivity index (χ3v) is 8.74. The Hall–Kier alpha value is -2.78. The van der Waals surface area contributed by atoms with Gasteiger partial charge in [-0.1, -0.05) is 59.6 Å². The first kappa shape index (κ1) is 27.3. The largest absolute Gasteiger partial charge is 0.495 e. The molecule has 0 aromatic heterocycles. The van der Waals surface area contributed by atoms with Crippen LogP contribution in [0.15, 0.2) is 77.7 Å². The molecule has 0 N–H and O–H groups in total. The van der Waals surface area contributed by atoms with Crippen LogP contribution >= 0.6 is 23.2 Å². The number of carbonyl (C=O) groups excluding carboxylic acids is 1. The van der Waals surface area contributed by atoms with Crippen LogP contribution in [0.5, 0.6) is 5.75 Å². The highest BCUT2D eigenvalue weighted by Crippen LogP contribution is 2.29. The van der Waals surface area contributed by atoms with E-state index >= 15 is 0 Å². The molecule has 3 aromatic carbocycles. The zero-order chi connectivity index (χ0) is 26.4. The van der Waals surface area contributed by atoms with Gasteiger partial charge in [-0.15, -0.1) is 0 Å². The molecule has 0 aliphatic carbocycles. The molecule has 3 aromatic rings. The number of anilines is 1. The summed E-state index contributed by atoms with van der Waals surface area (Å²) in [6.45, 7) is 2.16. The van der Waals surface area contributed by atoms with Gasteiger partial charge in [-0.25, -0.2) is 8.42 Å². The van der Waals surface area contributed by atoms with E-state index in [1.54, 1.807) is 4.90 Å². The van der Waals surface area contributed by atoms with E-state index in [1.165, 1.54) is 29.6 Å². The zero-order valence-corrected chi connectivity index (χ0v) is 22.8. The lowest BCUT2D eigenvalue weighted by Gasteiger charge is -2.37. The van der Waals surface area contributed by atoms with Gasteiger partial charge in [-0.2, -0.15) is 4.31 Å². The maximum atomic E-state index is 13.6. The monoisotopic (exact) mass is 561 g/mol. The molecular weight excluding hydrogens is 533 g/mol. The van der Waals surface area contributed by atoms with Crippen molar-refractivity contribution in [3.63, 3.8) is 0 Å². The number of methoxy groups -OCH3 is 1. The minimum atomic E-state index is -3.99. The van der Waals surface area contributed by atoms with Crippen LogP contribution in [0.25, 0.3) is 0 Å². The summed E-state index contributed by atoms with van der Waals surface area (Å²) in [5.41, 5.74) is 1.99. The fourth-order valence-corrected chi connectivity index (χ4v) is 6.20. The molecule has 37 heavy (non-hydrogen) atoms. The summed E-state index contributed by atoms with van der Waals surface area (Å²) in [4.78, 5) is 17.2. The van der Waals surface area contributed by atoms with Crippen molar-refractivity contribution in [2.24, 2.45) is 0 Å². The molecule has 1 aliphatic heterocycles. The highest BCUT2D eigenvalue weighted by atomic mass is 35.5. The van der Waals surface area contributed by atoms with Crippen molar-refractivity contribution >= 4 is 44.8 Å². The minimum Gasteiger partial charge on any atom is -0.495 e. The molecule has 4 rings (SSSR count). The molecule has 7 nitrogen and oxygen atoms in total. The molecule has 0 saturated carbocycles. The van der Waals surface area contributed by atoms with Gasteiger partial charge in [0.25, 0.3) is 0 Å². The summed E-state index contributed by atoms with van der Waals surface area (Å²) in [5, 5.41) is 0.851. The molecule has 1 amide bonds. The molecule has 10 heteroatoms. The number of benzene rings is 3. The van der Waals surface area contributed by atoms with E-state index in [0.29, 0.717) is 43.4 Å². The van der Waals surface area contributed by atoms with Crippen molar-refractivity contribution in [2.75, 3.05) is 51.3 Å². The molecule has 0 atom stereocenters. The van der Waals surface area contributed by atoms with Gasteiger partial charge in [0.15, 0.2) is 0 Å². The molecular formula is C27H29Cl2N3O4S. The number of piperazine rings is 1. The normalized spacial score (nSPS) is 14.2. The van der Waals surface area contributed by atoms with Gasteiger partial charge in [-0.05, 0) is 48.4 Å². The lowest BCUT2D eigenvalue weighted by atomic mass is 10.1. The van der Waals surface area contributed by atoms with Gasteiger partial charge in [0, 0.05) is 43.4 Å². The third kappa shape index (κ3) is 6.76. The Morgan fingerprint density at radius 1 is 0.946 bits per heavy atom. The number of sulfonamides is 1. The second kappa shape index (κ2) is 12.2. The number of amides is 1. The van der Waals surface area contributed by atoms with Crippen molar-refractivity contribution in [1.29, 1.82) is 0 Å². The van der Waals surface area contributed by atoms with Crippen LogP contribution in [0.2, 0.25) is 10.0 Å². The van der Waals surface area contributed by atoms with E-state index in [1.807, 2.05) is 54.6 Å². The summed E-state index contributed by atoms with van der Waals surface area (Å²) in [6.07, 6.45) is 0.472. The third-order valence-electron chi connectivity index (χ3n) is 6.37. The second-order valence-electron chi connectivity index (χ2n) is 8.72. The molecule has 1 aliphatic rings. The standard InChI is InChI=1S/C27H29Cl2N3O4S/c1-36-26-11-10-24(19-25(26)29)37(34,35)32(13-12-21-6-3-2-4-7-21)20-27(33)31-16-14-30(15-17-31)23-9-5-8-22(28)18-23/h2-11,18-19H,12-17,20H2,1H3. The Bertz CT molecular complexity index is 1330. The summed E-state index contributed by atoms with van der Waals surface area (Å²) < 4.78 is 33.7. The number of nitrogens with zero attached hydrogens (tertiary/aromatic N) is 3. The first-order valence-corrected chi connectivity index (χ1v) is 14.1. The van der Waals surface area contributed by atoms with E-state index in [4.69, 9.17) is 27.9 Å². The van der Waals surface area contributed by atoms with Gasteiger partial charge < -0.3 is 14.5 Å². The van der Waals surface area contributed by atoms with E-state index in [-0.39, 0.29) is 28.9 Å². The summed E-state index contributed by atoms with van der Waals surface area (Å²) in [6, 6.07) is 21.5. The Kier molecular flexibility index (Phi) is 8.97. The molecule has 0 radical (unpaired) electrons. The first-order valence-electron chi connectivity index (χ1n) is 11.9. The fourth-order valence-electron chi connectivity index (χ4n) is 4.28. The van der Waals surface area contributed by atoms with Crippen molar-refractivity contribution in [2.45, 2.75) is 11.3 Å². The smallest absolute Gasteiger partial charge is 0.243 e. The van der Waals surface area contributed by atoms with E-state index in [9.17, 15) is 13.2 Å². The van der Waals surface area contributed by atoms with Gasteiger partial charge in [0.05, 0.1) is 23.6 Å². The summed E-state index contributed by atoms with van der Waals surface area (Å²) in [5.74, 6) is 0.145. The van der Waals surface area contributed by atoms with Crippen LogP contribution in [0, 0.1) is 0 Å². The molecule has 1 heterocycles. The number of halogens is 2. The molecule has 196 valence electrons. The lowest BCUT2D eigenvalue weighted by molar-refractivity contribution is -0.131. The second-order valence-corrected chi connectivity index (χ2v) is 11.5. The number of carbonyl (C=O) groups is 1. The highest BCUT2D eigenvalue weighted by molar-refractivity contribution is 7.89. The predicted octanol–water partition coefficient (Wildman–Crippen LogP) is 4.58. The average Bonchev–Trinajstić information content (AvgIpc) is 2.91. The number of hydrogen-bond acceptors (Lipinski definition) is 5. The van der Waals surface area contributed by atoms with Crippen molar-refractivity contribution in [3.05, 3.63) is 88.4 Å². The summed E-state index contributed by atoms with van der Waals surface area (Å²) >= 11 is 12.3. The number of hydrogen-bond donors (Lipinski definition) is 0. The van der Waals surface area contributed by atoms with Gasteiger partial charge >= 0.3 is 0 Å². The van der Waals surface area contributed by atoms with Gasteiger partial charge in [-0.3, -0.25) is 4.79 Å². The van der Waals surface area contributed by atoms with Crippen molar-refractivity contribution in [3.8, 4) is 5.75 Å². The maximum absolute atomic E-state index is 13.6. The Labute approximate surface area is 228 Å². The van der Waals surface area contributed by atoms with Gasteiger partial charge in [0.2, 0.25) is 15.9 Å². The highest BCUT2D eigenvalue weighted by Gasteiger charge is 2.30. The molecule has 0 spiro atoms. The molecule has 0 bridgehead atoms. The Balaban J connectivity index is 1.49. The number of rotatable bonds is 9. The first-order chi connectivity index (χ1) is 17.8. The van der Waals surface area contributed by atoms with E-state index in [2.05, 4.69) is 4.90 Å². The van der Waals surface area contributed by atoms with Crippen LogP contribution < -0.4 is 9.64 Å². The van der Waals surface area contributed by atoms with Crippen LogP contribution in [-0.2, 0) is 21.2 Å². The fraction of sp³-hybridized carbons (Fsp3) is 0.296. The topological polar surface area (TPSA) is 70.2 Å². The molecule has 0 unspecified atom stereocenters. The predicted molar refractivity (Wildman–Crippen MR) is 147 cm³/mol. The van der Waals surface area contributed by atoms with Crippen LogP contribution in [0.1, 0.15) is 5.56 Å². The van der Waals surface area contributed by atoms with Crippen molar-refractivity contribution < 1.29 is 17.9 Å². The molecule has 1 fully saturated rings. The Morgan fingerprint density at radius 2 is 1.68 bits per heavy atom. The van der Waals surface area contributed by atoms with Crippen LogP contribution in [0.3, 0.4) is 0 Å². The summed E-state index contributed by atoms with van der Waals surface area (Å²) in [7, 11) is -2.53. The minimum absolute atomic E-state index is 0.0185. The van der Waals surface area contributed by atoms with E-state index < -0.39 is 10.0 Å². The lowest BCUT2D eigenvalue weighted by Crippen LogP contribution is -2.52. The SMILES string of the molecule is COc1ccc(S(=O)(=O)N(CCc2ccccc2)CC(=O)N2CCN(c3cccc(Cl)c3)CC2)cc1Cl. The van der Waals surface area contributed by atoms with Crippen molar-refractivity contribution in [1.82, 2.24) is 9.21 Å². The van der Waals surface area contributed by atoms with E-state index in [0.717, 1.165) is 11.3 Å². The Morgan fingerprint density at radius 3 is 2.32 bits per heavy atom. The van der Waals surface area contributed by atoms with Crippen LogP contribution in [-0.4, -0.2) is 69.9 Å². The maximum Gasteiger partial charge on any atom is 0.243 e. The van der Waals surface area contributed by atoms with Gasteiger partial charge in [0.1, 0.15) is 5.75 Å².